The average molecular weight is 417 g/mol. The van der Waals surface area contributed by atoms with Crippen molar-refractivity contribution >= 4 is 11.8 Å². The Morgan fingerprint density at radius 3 is 2.58 bits per heavy atom. The fourth-order valence-corrected chi connectivity index (χ4v) is 3.84. The Morgan fingerprint density at radius 2 is 1.81 bits per heavy atom. The van der Waals surface area contributed by atoms with E-state index in [-0.39, 0.29) is 11.8 Å². The normalized spacial score (nSPS) is 13.6. The van der Waals surface area contributed by atoms with E-state index < -0.39 is 0 Å². The van der Waals surface area contributed by atoms with Crippen molar-refractivity contribution in [3.05, 3.63) is 88.7 Å². The molecular formula is C25H28N4O2. The lowest BCUT2D eigenvalue weighted by molar-refractivity contribution is 0.0745. The summed E-state index contributed by atoms with van der Waals surface area (Å²) in [6.07, 6.45) is 2.57. The van der Waals surface area contributed by atoms with E-state index in [2.05, 4.69) is 46.8 Å². The molecule has 0 fully saturated rings. The van der Waals surface area contributed by atoms with Gasteiger partial charge in [-0.15, -0.1) is 0 Å². The lowest BCUT2D eigenvalue weighted by atomic mass is 10.1. The molecule has 0 unspecified atom stereocenters. The maximum atomic E-state index is 13.1. The van der Waals surface area contributed by atoms with Crippen molar-refractivity contribution in [1.82, 2.24) is 20.0 Å². The van der Waals surface area contributed by atoms with Crippen molar-refractivity contribution in [2.75, 3.05) is 13.1 Å². The molecule has 0 bridgehead atoms. The largest absolute Gasteiger partial charge is 0.351 e. The minimum absolute atomic E-state index is 0.0753. The monoisotopic (exact) mass is 416 g/mol. The molecule has 1 N–H and O–H groups in total. The van der Waals surface area contributed by atoms with Crippen LogP contribution in [-0.4, -0.2) is 39.6 Å². The molecule has 0 saturated heterocycles. The zero-order valence-electron chi connectivity index (χ0n) is 17.9. The summed E-state index contributed by atoms with van der Waals surface area (Å²) in [5, 5.41) is 7.33. The van der Waals surface area contributed by atoms with Crippen LogP contribution < -0.4 is 5.32 Å². The average Bonchev–Trinajstić information content (AvgIpc) is 3.16. The van der Waals surface area contributed by atoms with Gasteiger partial charge in [0.2, 0.25) is 0 Å². The van der Waals surface area contributed by atoms with Crippen LogP contribution in [0.3, 0.4) is 0 Å². The Labute approximate surface area is 182 Å². The highest BCUT2D eigenvalue weighted by atomic mass is 16.2. The number of carbonyl (C=O) groups is 2. The molecule has 6 heteroatoms. The van der Waals surface area contributed by atoms with Gasteiger partial charge in [-0.1, -0.05) is 60.2 Å². The molecule has 160 valence electrons. The topological polar surface area (TPSA) is 67.2 Å². The Kier molecular flexibility index (Phi) is 6.46. The molecule has 2 heterocycles. The first-order chi connectivity index (χ1) is 15.1. The van der Waals surface area contributed by atoms with Crippen molar-refractivity contribution in [3.8, 4) is 0 Å². The minimum atomic E-state index is -0.230. The first-order valence-corrected chi connectivity index (χ1v) is 10.8. The molecule has 3 aromatic rings. The van der Waals surface area contributed by atoms with E-state index in [1.807, 2.05) is 30.0 Å². The summed E-state index contributed by atoms with van der Waals surface area (Å²) in [5.41, 5.74) is 4.34. The molecule has 0 atom stereocenters. The zero-order chi connectivity index (χ0) is 21.6. The molecule has 4 rings (SSSR count). The summed E-state index contributed by atoms with van der Waals surface area (Å²) in [4.78, 5) is 27.5. The number of nitrogens with zero attached hydrogens (tertiary/aromatic N) is 3. The van der Waals surface area contributed by atoms with E-state index in [0.717, 1.165) is 24.8 Å². The summed E-state index contributed by atoms with van der Waals surface area (Å²) in [5.74, 6) is -0.305. The number of fused-ring (bicyclic) bond motifs is 1. The number of aryl methyl sites for hydroxylation is 3. The molecule has 2 aromatic carbocycles. The first-order valence-electron chi connectivity index (χ1n) is 10.8. The SMILES string of the molecule is Cc1ccc(CN2CCCn3nc(C(=O)NCCCc4ccccc4)cc3C2=O)cc1. The number of aromatic nitrogens is 2. The molecule has 31 heavy (non-hydrogen) atoms. The fraction of sp³-hybridized carbons (Fsp3) is 0.320. The second-order valence-electron chi connectivity index (χ2n) is 8.05. The summed E-state index contributed by atoms with van der Waals surface area (Å²) in [7, 11) is 0. The molecule has 1 aliphatic rings. The Morgan fingerprint density at radius 1 is 1.03 bits per heavy atom. The van der Waals surface area contributed by atoms with Crippen LogP contribution in [0.15, 0.2) is 60.7 Å². The van der Waals surface area contributed by atoms with Crippen LogP contribution in [-0.2, 0) is 19.5 Å². The predicted molar refractivity (Wildman–Crippen MR) is 120 cm³/mol. The highest BCUT2D eigenvalue weighted by Crippen LogP contribution is 2.17. The smallest absolute Gasteiger partial charge is 0.272 e. The summed E-state index contributed by atoms with van der Waals surface area (Å²) in [6.45, 7) is 4.49. The van der Waals surface area contributed by atoms with Gasteiger partial charge < -0.3 is 10.2 Å². The third-order valence-corrected chi connectivity index (χ3v) is 5.58. The summed E-state index contributed by atoms with van der Waals surface area (Å²) >= 11 is 0. The third kappa shape index (κ3) is 5.20. The van der Waals surface area contributed by atoms with Crippen molar-refractivity contribution < 1.29 is 9.59 Å². The number of hydrogen-bond donors (Lipinski definition) is 1. The van der Waals surface area contributed by atoms with Crippen LogP contribution in [0.4, 0.5) is 0 Å². The van der Waals surface area contributed by atoms with Gasteiger partial charge in [-0.25, -0.2) is 0 Å². The van der Waals surface area contributed by atoms with Crippen molar-refractivity contribution in [2.45, 2.75) is 39.3 Å². The second-order valence-corrected chi connectivity index (χ2v) is 8.05. The Bertz CT molecular complexity index is 1040. The number of rotatable bonds is 7. The van der Waals surface area contributed by atoms with Crippen molar-refractivity contribution in [3.63, 3.8) is 0 Å². The van der Waals surface area contributed by atoms with Crippen LogP contribution in [0.5, 0.6) is 0 Å². The third-order valence-electron chi connectivity index (χ3n) is 5.58. The number of nitrogens with one attached hydrogen (secondary N) is 1. The quantitative estimate of drug-likeness (QED) is 0.599. The van der Waals surface area contributed by atoms with Gasteiger partial charge >= 0.3 is 0 Å². The molecule has 1 aromatic heterocycles. The van der Waals surface area contributed by atoms with Crippen LogP contribution >= 0.6 is 0 Å². The van der Waals surface area contributed by atoms with Gasteiger partial charge in [0.15, 0.2) is 5.69 Å². The predicted octanol–water partition coefficient (Wildman–Crippen LogP) is 3.60. The van der Waals surface area contributed by atoms with Gasteiger partial charge in [0.05, 0.1) is 0 Å². The van der Waals surface area contributed by atoms with Gasteiger partial charge in [0.1, 0.15) is 5.69 Å². The second kappa shape index (κ2) is 9.60. The number of hydrogen-bond acceptors (Lipinski definition) is 3. The number of benzene rings is 2. The van der Waals surface area contributed by atoms with Crippen LogP contribution in [0.2, 0.25) is 0 Å². The van der Waals surface area contributed by atoms with E-state index in [0.29, 0.717) is 37.6 Å². The minimum Gasteiger partial charge on any atom is -0.351 e. The fourth-order valence-electron chi connectivity index (χ4n) is 3.84. The molecule has 0 spiro atoms. The summed E-state index contributed by atoms with van der Waals surface area (Å²) in [6, 6.07) is 20.1. The van der Waals surface area contributed by atoms with Gasteiger partial charge in [-0.2, -0.15) is 5.10 Å². The van der Waals surface area contributed by atoms with Gasteiger partial charge in [-0.05, 0) is 37.3 Å². The maximum absolute atomic E-state index is 13.1. The first kappa shape index (κ1) is 20.8. The molecule has 6 nitrogen and oxygen atoms in total. The summed E-state index contributed by atoms with van der Waals surface area (Å²) < 4.78 is 1.68. The van der Waals surface area contributed by atoms with Gasteiger partial charge in [-0.3, -0.25) is 14.3 Å². The molecule has 2 amide bonds. The number of amides is 2. The Hall–Kier alpha value is -3.41. The maximum Gasteiger partial charge on any atom is 0.272 e. The van der Waals surface area contributed by atoms with Crippen molar-refractivity contribution in [1.29, 1.82) is 0 Å². The number of carbonyl (C=O) groups excluding carboxylic acids is 2. The molecule has 0 saturated carbocycles. The lowest BCUT2D eigenvalue weighted by Crippen LogP contribution is -2.30. The molecule has 1 aliphatic heterocycles. The van der Waals surface area contributed by atoms with Crippen LogP contribution in [0.1, 0.15) is 50.5 Å². The van der Waals surface area contributed by atoms with Crippen LogP contribution in [0.25, 0.3) is 0 Å². The van der Waals surface area contributed by atoms with E-state index in [9.17, 15) is 9.59 Å². The van der Waals surface area contributed by atoms with E-state index in [4.69, 9.17) is 0 Å². The van der Waals surface area contributed by atoms with Crippen LogP contribution in [0, 0.1) is 6.92 Å². The Balaban J connectivity index is 1.36. The molecule has 0 aliphatic carbocycles. The van der Waals surface area contributed by atoms with Gasteiger partial charge in [0, 0.05) is 32.2 Å². The molecular weight excluding hydrogens is 388 g/mol. The van der Waals surface area contributed by atoms with E-state index in [1.165, 1.54) is 11.1 Å². The highest BCUT2D eigenvalue weighted by molar-refractivity contribution is 5.98. The molecule has 0 radical (unpaired) electrons. The highest BCUT2D eigenvalue weighted by Gasteiger charge is 2.26. The lowest BCUT2D eigenvalue weighted by Gasteiger charge is -2.20. The van der Waals surface area contributed by atoms with E-state index in [1.54, 1.807) is 10.7 Å². The van der Waals surface area contributed by atoms with Gasteiger partial charge in [0.25, 0.3) is 11.8 Å². The van der Waals surface area contributed by atoms with E-state index >= 15 is 0 Å². The standard InChI is InChI=1S/C25H28N4O2/c1-19-10-12-21(13-11-19)18-28-15-6-16-29-23(25(28)31)17-22(27-29)24(30)26-14-5-9-20-7-3-2-4-8-20/h2-4,7-8,10-13,17H,5-6,9,14-16,18H2,1H3,(H,26,30). The van der Waals surface area contributed by atoms with Crippen molar-refractivity contribution in [2.24, 2.45) is 0 Å². The zero-order valence-corrected chi connectivity index (χ0v) is 17.9.